The predicted molar refractivity (Wildman–Crippen MR) is 96.2 cm³/mol. The molecule has 0 atom stereocenters. The van der Waals surface area contributed by atoms with Crippen LogP contribution in [0.2, 0.25) is 0 Å². The molecule has 1 spiro atoms. The first kappa shape index (κ1) is 15.4. The number of piperazine rings is 1. The van der Waals surface area contributed by atoms with Crippen molar-refractivity contribution >= 4 is 21.6 Å². The van der Waals surface area contributed by atoms with Gasteiger partial charge in [0.2, 0.25) is 0 Å². The van der Waals surface area contributed by atoms with E-state index in [1.54, 1.807) is 4.57 Å². The maximum Gasteiger partial charge on any atom is 0.307 e. The molecule has 23 heavy (non-hydrogen) atoms. The van der Waals surface area contributed by atoms with E-state index in [-0.39, 0.29) is 4.87 Å². The minimum atomic E-state index is 0.128. The van der Waals surface area contributed by atoms with E-state index in [0.29, 0.717) is 5.54 Å². The van der Waals surface area contributed by atoms with Gasteiger partial charge in [-0.3, -0.25) is 9.69 Å². The minimum Gasteiger partial charge on any atom is -0.314 e. The SMILES string of the molecule is Cn1c(=O)sc2cc(CN3CCNCC34CCCCC4)ccc21. The molecule has 4 nitrogen and oxygen atoms in total. The summed E-state index contributed by atoms with van der Waals surface area (Å²) < 4.78 is 2.86. The van der Waals surface area contributed by atoms with Crippen LogP contribution in [0.4, 0.5) is 0 Å². The summed E-state index contributed by atoms with van der Waals surface area (Å²) in [5.41, 5.74) is 2.75. The Bertz CT molecular complexity index is 749. The Labute approximate surface area is 141 Å². The molecule has 1 saturated heterocycles. The van der Waals surface area contributed by atoms with Crippen LogP contribution in [-0.4, -0.2) is 34.6 Å². The summed E-state index contributed by atoms with van der Waals surface area (Å²) in [6.07, 6.45) is 6.75. The number of rotatable bonds is 2. The van der Waals surface area contributed by atoms with Crippen LogP contribution < -0.4 is 10.2 Å². The summed E-state index contributed by atoms with van der Waals surface area (Å²) in [4.78, 5) is 14.7. The van der Waals surface area contributed by atoms with Crippen molar-refractivity contribution in [2.75, 3.05) is 19.6 Å². The summed E-state index contributed by atoms with van der Waals surface area (Å²) in [7, 11) is 1.86. The van der Waals surface area contributed by atoms with Gasteiger partial charge in [0.25, 0.3) is 0 Å². The molecule has 2 heterocycles. The van der Waals surface area contributed by atoms with E-state index in [2.05, 4.69) is 28.4 Å². The molecular formula is C18H25N3OS. The Kier molecular flexibility index (Phi) is 4.03. The Morgan fingerprint density at radius 2 is 2.09 bits per heavy atom. The average molecular weight is 331 g/mol. The largest absolute Gasteiger partial charge is 0.314 e. The van der Waals surface area contributed by atoms with Gasteiger partial charge in [-0.25, -0.2) is 0 Å². The number of fused-ring (bicyclic) bond motifs is 1. The fourth-order valence-corrected chi connectivity index (χ4v) is 5.27. The lowest BCUT2D eigenvalue weighted by molar-refractivity contribution is 0.0209. The first-order valence-electron chi connectivity index (χ1n) is 8.72. The molecule has 1 saturated carbocycles. The van der Waals surface area contributed by atoms with Crippen molar-refractivity contribution in [3.63, 3.8) is 0 Å². The molecule has 124 valence electrons. The zero-order valence-corrected chi connectivity index (χ0v) is 14.6. The molecular weight excluding hydrogens is 306 g/mol. The number of nitrogens with zero attached hydrogens (tertiary/aromatic N) is 2. The molecule has 1 aliphatic carbocycles. The molecule has 0 bridgehead atoms. The molecule has 2 fully saturated rings. The number of aromatic nitrogens is 1. The number of aryl methyl sites for hydroxylation is 1. The van der Waals surface area contributed by atoms with Gasteiger partial charge in [0.1, 0.15) is 0 Å². The van der Waals surface area contributed by atoms with Crippen molar-refractivity contribution < 1.29 is 0 Å². The number of benzene rings is 1. The van der Waals surface area contributed by atoms with Crippen molar-refractivity contribution in [2.24, 2.45) is 7.05 Å². The monoisotopic (exact) mass is 331 g/mol. The third-order valence-corrected chi connectivity index (χ3v) is 6.69. The first-order valence-corrected chi connectivity index (χ1v) is 9.54. The van der Waals surface area contributed by atoms with Crippen molar-refractivity contribution in [1.29, 1.82) is 0 Å². The van der Waals surface area contributed by atoms with Crippen LogP contribution in [0, 0.1) is 0 Å². The lowest BCUT2D eigenvalue weighted by Crippen LogP contribution is -2.61. The molecule has 0 amide bonds. The second kappa shape index (κ2) is 6.04. The van der Waals surface area contributed by atoms with E-state index in [9.17, 15) is 4.79 Å². The number of thiazole rings is 1. The maximum atomic E-state index is 11.8. The van der Waals surface area contributed by atoms with Crippen LogP contribution in [0.15, 0.2) is 23.0 Å². The van der Waals surface area contributed by atoms with Gasteiger partial charge in [-0.15, -0.1) is 0 Å². The lowest BCUT2D eigenvalue weighted by Gasteiger charge is -2.50. The smallest absolute Gasteiger partial charge is 0.307 e. The Morgan fingerprint density at radius 3 is 2.91 bits per heavy atom. The van der Waals surface area contributed by atoms with E-state index in [0.717, 1.165) is 36.4 Å². The van der Waals surface area contributed by atoms with Gasteiger partial charge < -0.3 is 9.88 Å². The number of nitrogens with one attached hydrogen (secondary N) is 1. The summed E-state index contributed by atoms with van der Waals surface area (Å²) in [5.74, 6) is 0. The van der Waals surface area contributed by atoms with Crippen molar-refractivity contribution in [3.05, 3.63) is 33.4 Å². The van der Waals surface area contributed by atoms with Crippen LogP contribution in [0.1, 0.15) is 37.7 Å². The van der Waals surface area contributed by atoms with Crippen LogP contribution in [-0.2, 0) is 13.6 Å². The van der Waals surface area contributed by atoms with Crippen molar-refractivity contribution in [3.8, 4) is 0 Å². The lowest BCUT2D eigenvalue weighted by atomic mass is 9.79. The molecule has 1 aromatic carbocycles. The van der Waals surface area contributed by atoms with E-state index in [1.165, 1.54) is 49.0 Å². The topological polar surface area (TPSA) is 37.3 Å². The number of hydrogen-bond donors (Lipinski definition) is 1. The van der Waals surface area contributed by atoms with Crippen LogP contribution in [0.25, 0.3) is 10.2 Å². The summed E-state index contributed by atoms with van der Waals surface area (Å²) in [5, 5.41) is 3.62. The first-order chi connectivity index (χ1) is 11.2. The Balaban J connectivity index is 1.61. The van der Waals surface area contributed by atoms with Gasteiger partial charge in [0.15, 0.2) is 0 Å². The zero-order valence-electron chi connectivity index (χ0n) is 13.8. The molecule has 0 radical (unpaired) electrons. The Hall–Kier alpha value is -1.17. The van der Waals surface area contributed by atoms with Gasteiger partial charge >= 0.3 is 4.87 Å². The van der Waals surface area contributed by atoms with Crippen LogP contribution in [0.3, 0.4) is 0 Å². The third kappa shape index (κ3) is 2.75. The zero-order chi connectivity index (χ0) is 15.9. The molecule has 1 N–H and O–H groups in total. The number of hydrogen-bond acceptors (Lipinski definition) is 4. The third-order valence-electron chi connectivity index (χ3n) is 5.70. The molecule has 1 aromatic heterocycles. The summed E-state index contributed by atoms with van der Waals surface area (Å²) in [6, 6.07) is 6.53. The minimum absolute atomic E-state index is 0.128. The second-order valence-corrected chi connectivity index (χ2v) is 8.11. The van der Waals surface area contributed by atoms with Gasteiger partial charge in [0.05, 0.1) is 10.2 Å². The second-order valence-electron chi connectivity index (χ2n) is 7.11. The predicted octanol–water partition coefficient (Wildman–Crippen LogP) is 2.71. The summed E-state index contributed by atoms with van der Waals surface area (Å²) in [6.45, 7) is 4.35. The molecule has 1 aliphatic heterocycles. The molecule has 4 rings (SSSR count). The van der Waals surface area contributed by atoms with Crippen molar-refractivity contribution in [2.45, 2.75) is 44.2 Å². The standard InChI is InChI=1S/C18H25N3OS/c1-20-15-6-5-14(11-16(15)23-17(20)22)12-21-10-9-19-13-18(21)7-3-2-4-8-18/h5-6,11,19H,2-4,7-10,12-13H2,1H3. The highest BCUT2D eigenvalue weighted by Gasteiger charge is 2.39. The van der Waals surface area contributed by atoms with Crippen molar-refractivity contribution in [1.82, 2.24) is 14.8 Å². The van der Waals surface area contributed by atoms with E-state index in [4.69, 9.17) is 0 Å². The Morgan fingerprint density at radius 1 is 1.26 bits per heavy atom. The fraction of sp³-hybridized carbons (Fsp3) is 0.611. The quantitative estimate of drug-likeness (QED) is 0.919. The van der Waals surface area contributed by atoms with Gasteiger partial charge in [-0.05, 0) is 30.5 Å². The normalized spacial score (nSPS) is 22.0. The van der Waals surface area contributed by atoms with E-state index < -0.39 is 0 Å². The highest BCUT2D eigenvalue weighted by molar-refractivity contribution is 7.16. The van der Waals surface area contributed by atoms with Gasteiger partial charge in [0, 0.05) is 38.8 Å². The molecule has 5 heteroatoms. The molecule has 0 unspecified atom stereocenters. The van der Waals surface area contributed by atoms with Crippen LogP contribution >= 0.6 is 11.3 Å². The van der Waals surface area contributed by atoms with E-state index >= 15 is 0 Å². The van der Waals surface area contributed by atoms with Gasteiger partial charge in [-0.1, -0.05) is 36.7 Å². The average Bonchev–Trinajstić information content (AvgIpc) is 2.85. The summed E-state index contributed by atoms with van der Waals surface area (Å²) >= 11 is 1.36. The highest BCUT2D eigenvalue weighted by atomic mass is 32.1. The highest BCUT2D eigenvalue weighted by Crippen LogP contribution is 2.35. The molecule has 2 aromatic rings. The molecule has 2 aliphatic rings. The van der Waals surface area contributed by atoms with Crippen LogP contribution in [0.5, 0.6) is 0 Å². The van der Waals surface area contributed by atoms with Gasteiger partial charge in [-0.2, -0.15) is 0 Å². The van der Waals surface area contributed by atoms with E-state index in [1.807, 2.05) is 7.05 Å². The maximum absolute atomic E-state index is 11.8. The fourth-order valence-electron chi connectivity index (χ4n) is 4.33.